The molecule has 0 aromatic rings. The van der Waals surface area contributed by atoms with Crippen LogP contribution in [0.2, 0.25) is 0 Å². The van der Waals surface area contributed by atoms with E-state index in [9.17, 15) is 4.79 Å². The van der Waals surface area contributed by atoms with Gasteiger partial charge in [-0.05, 0) is 46.1 Å². The molecule has 0 aromatic carbocycles. The van der Waals surface area contributed by atoms with Crippen LogP contribution in [0.25, 0.3) is 0 Å². The molecule has 0 radical (unpaired) electrons. The molecule has 0 spiro atoms. The number of nitrogens with one attached hydrogen (secondary N) is 1. The third-order valence-corrected chi connectivity index (χ3v) is 3.57. The largest absolute Gasteiger partial charge is 0.465 e. The first-order valence-corrected chi connectivity index (χ1v) is 7.74. The quantitative estimate of drug-likeness (QED) is 0.491. The van der Waals surface area contributed by atoms with Crippen molar-refractivity contribution in [3.63, 3.8) is 0 Å². The van der Waals surface area contributed by atoms with E-state index in [0.717, 1.165) is 32.4 Å². The standard InChI is InChI=1S/C15H29NO4/c1-4-9-16-15(3,14(17)19-5-2)8-11-18-12-13-7-6-10-20-13/h13,16H,4-12H2,1-3H3. The average Bonchev–Trinajstić information content (AvgIpc) is 2.95. The van der Waals surface area contributed by atoms with Gasteiger partial charge in [-0.3, -0.25) is 4.79 Å². The summed E-state index contributed by atoms with van der Waals surface area (Å²) < 4.78 is 16.3. The van der Waals surface area contributed by atoms with Crippen LogP contribution >= 0.6 is 0 Å². The minimum atomic E-state index is -0.664. The molecule has 1 aliphatic heterocycles. The summed E-state index contributed by atoms with van der Waals surface area (Å²) in [6.45, 7) is 8.97. The molecule has 1 aliphatic rings. The van der Waals surface area contributed by atoms with E-state index in [2.05, 4.69) is 12.2 Å². The Morgan fingerprint density at radius 3 is 2.85 bits per heavy atom. The van der Waals surface area contributed by atoms with Crippen LogP contribution in [0.1, 0.15) is 46.5 Å². The van der Waals surface area contributed by atoms with E-state index < -0.39 is 5.54 Å². The van der Waals surface area contributed by atoms with Crippen molar-refractivity contribution in [2.75, 3.05) is 33.0 Å². The highest BCUT2D eigenvalue weighted by atomic mass is 16.5. The van der Waals surface area contributed by atoms with Gasteiger partial charge in [-0.25, -0.2) is 0 Å². The number of carbonyl (C=O) groups excluding carboxylic acids is 1. The third kappa shape index (κ3) is 5.77. The molecule has 0 bridgehead atoms. The molecular formula is C15H29NO4. The van der Waals surface area contributed by atoms with E-state index in [1.54, 1.807) is 0 Å². The Hall–Kier alpha value is -0.650. The SMILES string of the molecule is CCCNC(C)(CCOCC1CCCO1)C(=O)OCC. The maximum absolute atomic E-state index is 12.1. The van der Waals surface area contributed by atoms with Crippen molar-refractivity contribution in [2.45, 2.75) is 58.1 Å². The highest BCUT2D eigenvalue weighted by molar-refractivity contribution is 5.80. The van der Waals surface area contributed by atoms with E-state index in [1.165, 1.54) is 0 Å². The fraction of sp³-hybridized carbons (Fsp3) is 0.933. The number of esters is 1. The number of ether oxygens (including phenoxy) is 3. The molecule has 5 heteroatoms. The van der Waals surface area contributed by atoms with Gasteiger partial charge in [0.1, 0.15) is 5.54 Å². The molecule has 0 aliphatic carbocycles. The summed E-state index contributed by atoms with van der Waals surface area (Å²) in [6.07, 6.45) is 4.01. The van der Waals surface area contributed by atoms with Crippen molar-refractivity contribution in [2.24, 2.45) is 0 Å². The van der Waals surface area contributed by atoms with E-state index in [0.29, 0.717) is 26.2 Å². The van der Waals surface area contributed by atoms with Crippen LogP contribution in [0, 0.1) is 0 Å². The van der Waals surface area contributed by atoms with Gasteiger partial charge in [-0.1, -0.05) is 6.92 Å². The second kappa shape index (κ2) is 9.32. The molecular weight excluding hydrogens is 258 g/mol. The number of hydrogen-bond acceptors (Lipinski definition) is 5. The van der Waals surface area contributed by atoms with Gasteiger partial charge in [0, 0.05) is 13.2 Å². The number of hydrogen-bond donors (Lipinski definition) is 1. The lowest BCUT2D eigenvalue weighted by Crippen LogP contribution is -2.51. The fourth-order valence-electron chi connectivity index (χ4n) is 2.22. The van der Waals surface area contributed by atoms with Crippen LogP contribution in [0.4, 0.5) is 0 Å². The lowest BCUT2D eigenvalue weighted by Gasteiger charge is -2.28. The van der Waals surface area contributed by atoms with Crippen LogP contribution in [0.3, 0.4) is 0 Å². The van der Waals surface area contributed by atoms with Crippen molar-refractivity contribution in [1.29, 1.82) is 0 Å². The van der Waals surface area contributed by atoms with Gasteiger partial charge in [0.2, 0.25) is 0 Å². The molecule has 0 aromatic heterocycles. The summed E-state index contributed by atoms with van der Waals surface area (Å²) in [5.41, 5.74) is -0.664. The predicted molar refractivity (Wildman–Crippen MR) is 77.7 cm³/mol. The lowest BCUT2D eigenvalue weighted by molar-refractivity contribution is -0.151. The molecule has 20 heavy (non-hydrogen) atoms. The van der Waals surface area contributed by atoms with E-state index in [4.69, 9.17) is 14.2 Å². The summed E-state index contributed by atoms with van der Waals surface area (Å²) in [6, 6.07) is 0. The molecule has 0 amide bonds. The Morgan fingerprint density at radius 2 is 2.25 bits per heavy atom. The Balaban J connectivity index is 2.32. The first-order valence-electron chi connectivity index (χ1n) is 7.74. The van der Waals surface area contributed by atoms with Gasteiger partial charge < -0.3 is 19.5 Å². The smallest absolute Gasteiger partial charge is 0.326 e. The van der Waals surface area contributed by atoms with Crippen molar-refractivity contribution >= 4 is 5.97 Å². The molecule has 1 fully saturated rings. The third-order valence-electron chi connectivity index (χ3n) is 3.57. The maximum atomic E-state index is 12.1. The monoisotopic (exact) mass is 287 g/mol. The van der Waals surface area contributed by atoms with Gasteiger partial charge in [0.15, 0.2) is 0 Å². The molecule has 2 atom stereocenters. The van der Waals surface area contributed by atoms with Crippen LogP contribution in [0.15, 0.2) is 0 Å². The van der Waals surface area contributed by atoms with Crippen LogP contribution in [-0.2, 0) is 19.0 Å². The number of carbonyl (C=O) groups is 1. The van der Waals surface area contributed by atoms with E-state index in [-0.39, 0.29) is 12.1 Å². The summed E-state index contributed by atoms with van der Waals surface area (Å²) >= 11 is 0. The Bertz CT molecular complexity index is 279. The van der Waals surface area contributed by atoms with Crippen LogP contribution in [-0.4, -0.2) is 50.6 Å². The second-order valence-corrected chi connectivity index (χ2v) is 5.44. The molecule has 1 saturated heterocycles. The molecule has 2 unspecified atom stereocenters. The Labute approximate surface area is 122 Å². The Morgan fingerprint density at radius 1 is 1.45 bits per heavy atom. The molecule has 0 saturated carbocycles. The fourth-order valence-corrected chi connectivity index (χ4v) is 2.22. The van der Waals surface area contributed by atoms with Gasteiger partial charge in [-0.2, -0.15) is 0 Å². The van der Waals surface area contributed by atoms with Crippen molar-refractivity contribution < 1.29 is 19.0 Å². The summed E-state index contributed by atoms with van der Waals surface area (Å²) in [7, 11) is 0. The first kappa shape index (κ1) is 17.4. The summed E-state index contributed by atoms with van der Waals surface area (Å²) in [5, 5.41) is 3.27. The minimum Gasteiger partial charge on any atom is -0.465 e. The van der Waals surface area contributed by atoms with Crippen molar-refractivity contribution in [1.82, 2.24) is 5.32 Å². The zero-order chi connectivity index (χ0) is 14.8. The van der Waals surface area contributed by atoms with Crippen LogP contribution in [0.5, 0.6) is 0 Å². The van der Waals surface area contributed by atoms with Gasteiger partial charge in [-0.15, -0.1) is 0 Å². The van der Waals surface area contributed by atoms with Gasteiger partial charge >= 0.3 is 5.97 Å². The molecule has 118 valence electrons. The van der Waals surface area contributed by atoms with E-state index in [1.807, 2.05) is 13.8 Å². The zero-order valence-corrected chi connectivity index (χ0v) is 13.1. The normalized spacial score (nSPS) is 21.6. The van der Waals surface area contributed by atoms with Gasteiger partial charge in [0.25, 0.3) is 0 Å². The summed E-state index contributed by atoms with van der Waals surface area (Å²) in [5.74, 6) is -0.200. The lowest BCUT2D eigenvalue weighted by atomic mass is 9.98. The van der Waals surface area contributed by atoms with E-state index >= 15 is 0 Å². The molecule has 5 nitrogen and oxygen atoms in total. The predicted octanol–water partition coefficient (Wildman–Crippen LogP) is 1.89. The van der Waals surface area contributed by atoms with Crippen molar-refractivity contribution in [3.05, 3.63) is 0 Å². The molecule has 1 rings (SSSR count). The van der Waals surface area contributed by atoms with Crippen LogP contribution < -0.4 is 5.32 Å². The van der Waals surface area contributed by atoms with Crippen molar-refractivity contribution in [3.8, 4) is 0 Å². The maximum Gasteiger partial charge on any atom is 0.326 e. The zero-order valence-electron chi connectivity index (χ0n) is 13.1. The minimum absolute atomic E-state index is 0.200. The first-order chi connectivity index (χ1) is 9.62. The highest BCUT2D eigenvalue weighted by Gasteiger charge is 2.33. The average molecular weight is 287 g/mol. The highest BCUT2D eigenvalue weighted by Crippen LogP contribution is 2.15. The topological polar surface area (TPSA) is 56.8 Å². The number of rotatable bonds is 10. The molecule has 1 heterocycles. The second-order valence-electron chi connectivity index (χ2n) is 5.44. The van der Waals surface area contributed by atoms with Gasteiger partial charge in [0.05, 0.1) is 19.3 Å². The Kier molecular flexibility index (Phi) is 8.11. The summed E-state index contributed by atoms with van der Waals surface area (Å²) in [4.78, 5) is 12.1. The molecule has 1 N–H and O–H groups in total.